The van der Waals surface area contributed by atoms with E-state index in [1.54, 1.807) is 9.25 Å². The number of unbranched alkanes of at least 4 members (excludes halogenated alkanes) is 1. The topological polar surface area (TPSA) is 91.2 Å². The Labute approximate surface area is 157 Å². The lowest BCUT2D eigenvalue weighted by Gasteiger charge is -2.33. The molecular weight excluding hydrogens is 348 g/mol. The molecule has 3 aliphatic rings. The highest BCUT2D eigenvalue weighted by Crippen LogP contribution is 2.38. The molecule has 4 heterocycles. The van der Waals surface area contributed by atoms with Gasteiger partial charge in [-0.1, -0.05) is 24.9 Å². The van der Waals surface area contributed by atoms with Crippen LogP contribution in [-0.2, 0) is 24.4 Å². The number of aromatic nitrogens is 5. The van der Waals surface area contributed by atoms with Crippen LogP contribution in [0.3, 0.4) is 0 Å². The van der Waals surface area contributed by atoms with E-state index in [9.17, 15) is 4.79 Å². The molecule has 0 aromatic carbocycles. The van der Waals surface area contributed by atoms with E-state index in [0.29, 0.717) is 38.2 Å². The molecule has 5 rings (SSSR count). The minimum atomic E-state index is -0.388. The van der Waals surface area contributed by atoms with Gasteiger partial charge in [0.2, 0.25) is 5.89 Å². The van der Waals surface area contributed by atoms with Gasteiger partial charge in [0.1, 0.15) is 12.2 Å². The summed E-state index contributed by atoms with van der Waals surface area (Å²) in [7, 11) is 0. The summed E-state index contributed by atoms with van der Waals surface area (Å²) in [4.78, 5) is 14.8. The van der Waals surface area contributed by atoms with Gasteiger partial charge in [0.25, 0.3) is 0 Å². The third kappa shape index (κ3) is 2.88. The molecule has 0 amide bonds. The van der Waals surface area contributed by atoms with Gasteiger partial charge in [0.15, 0.2) is 5.82 Å². The Bertz CT molecular complexity index is 882. The van der Waals surface area contributed by atoms with Crippen molar-refractivity contribution < 1.29 is 9.15 Å². The fraction of sp³-hybridized carbons (Fsp3) is 0.778. The molecule has 9 heteroatoms. The van der Waals surface area contributed by atoms with Crippen LogP contribution in [0.1, 0.15) is 63.1 Å². The Morgan fingerprint density at radius 3 is 2.93 bits per heavy atom. The second kappa shape index (κ2) is 6.47. The molecule has 1 unspecified atom stereocenters. The van der Waals surface area contributed by atoms with Crippen molar-refractivity contribution in [3.05, 3.63) is 22.2 Å². The second-order valence-corrected chi connectivity index (χ2v) is 8.06. The molecule has 2 aliphatic heterocycles. The Hall–Kier alpha value is -2.16. The number of anilines is 1. The van der Waals surface area contributed by atoms with Crippen molar-refractivity contribution in [1.82, 2.24) is 24.5 Å². The predicted octanol–water partition coefficient (Wildman–Crippen LogP) is 1.67. The zero-order valence-electron chi connectivity index (χ0n) is 15.8. The van der Waals surface area contributed by atoms with E-state index in [1.165, 1.54) is 6.42 Å². The van der Waals surface area contributed by atoms with Crippen LogP contribution in [0.15, 0.2) is 9.21 Å². The highest BCUT2D eigenvalue weighted by Gasteiger charge is 2.45. The van der Waals surface area contributed by atoms with Gasteiger partial charge in [-0.05, 0) is 25.7 Å². The molecular formula is C18H26N6O3. The zero-order valence-corrected chi connectivity index (χ0v) is 15.8. The monoisotopic (exact) mass is 374 g/mol. The van der Waals surface area contributed by atoms with Crippen LogP contribution in [0.2, 0.25) is 0 Å². The summed E-state index contributed by atoms with van der Waals surface area (Å²) in [5.74, 6) is 1.92. The average molecular weight is 374 g/mol. The maximum absolute atomic E-state index is 12.7. The van der Waals surface area contributed by atoms with Crippen molar-refractivity contribution in [1.29, 1.82) is 0 Å². The second-order valence-electron chi connectivity index (χ2n) is 8.06. The smallest absolute Gasteiger partial charge is 0.346 e. The van der Waals surface area contributed by atoms with Crippen molar-refractivity contribution in [2.75, 3.05) is 18.0 Å². The van der Waals surface area contributed by atoms with Crippen molar-refractivity contribution in [2.24, 2.45) is 0 Å². The molecule has 0 N–H and O–H groups in total. The quantitative estimate of drug-likeness (QED) is 0.786. The van der Waals surface area contributed by atoms with Crippen molar-refractivity contribution in [2.45, 2.75) is 76.7 Å². The van der Waals surface area contributed by atoms with Gasteiger partial charge in [0, 0.05) is 19.0 Å². The predicted molar refractivity (Wildman–Crippen MR) is 96.6 cm³/mol. The maximum atomic E-state index is 12.7. The van der Waals surface area contributed by atoms with Crippen LogP contribution in [0, 0.1) is 0 Å². The molecule has 0 radical (unpaired) electrons. The summed E-state index contributed by atoms with van der Waals surface area (Å²) < 4.78 is 15.5. The van der Waals surface area contributed by atoms with Crippen LogP contribution in [-0.4, -0.2) is 43.2 Å². The summed E-state index contributed by atoms with van der Waals surface area (Å²) >= 11 is 0. The molecule has 0 bridgehead atoms. The fourth-order valence-electron chi connectivity index (χ4n) is 4.19. The molecule has 146 valence electrons. The minimum Gasteiger partial charge on any atom is -0.408 e. The minimum absolute atomic E-state index is 0.0235. The maximum Gasteiger partial charge on any atom is 0.346 e. The van der Waals surface area contributed by atoms with Gasteiger partial charge in [-0.2, -0.15) is 5.10 Å². The van der Waals surface area contributed by atoms with Crippen LogP contribution < -0.4 is 10.6 Å². The number of ether oxygens (including phenoxy) is 1. The zero-order chi connectivity index (χ0) is 18.4. The third-order valence-electron chi connectivity index (χ3n) is 6.15. The molecule has 1 saturated heterocycles. The van der Waals surface area contributed by atoms with Crippen LogP contribution in [0.5, 0.6) is 0 Å². The SMILES string of the molecule is CCCCn1nc2n(c1=O)CC1(CCN(c3nnc(C4CCC4)o3)C1)OC2. The average Bonchev–Trinajstić information content (AvgIpc) is 3.32. The molecule has 1 saturated carbocycles. The Morgan fingerprint density at radius 1 is 1.26 bits per heavy atom. The lowest BCUT2D eigenvalue weighted by Crippen LogP contribution is -2.46. The van der Waals surface area contributed by atoms with E-state index in [4.69, 9.17) is 9.15 Å². The van der Waals surface area contributed by atoms with Crippen LogP contribution in [0.25, 0.3) is 0 Å². The van der Waals surface area contributed by atoms with Crippen molar-refractivity contribution >= 4 is 6.01 Å². The summed E-state index contributed by atoms with van der Waals surface area (Å²) in [5.41, 5.74) is -0.412. The Balaban J connectivity index is 1.31. The number of rotatable bonds is 5. The van der Waals surface area contributed by atoms with E-state index in [1.807, 2.05) is 0 Å². The number of hydrogen-bond acceptors (Lipinski definition) is 7. The van der Waals surface area contributed by atoms with E-state index < -0.39 is 0 Å². The molecule has 1 spiro atoms. The Morgan fingerprint density at radius 2 is 2.15 bits per heavy atom. The van der Waals surface area contributed by atoms with E-state index in [-0.39, 0.29) is 11.3 Å². The molecule has 27 heavy (non-hydrogen) atoms. The van der Waals surface area contributed by atoms with Crippen LogP contribution >= 0.6 is 0 Å². The van der Waals surface area contributed by atoms with E-state index >= 15 is 0 Å². The molecule has 1 aliphatic carbocycles. The molecule has 9 nitrogen and oxygen atoms in total. The summed E-state index contributed by atoms with van der Waals surface area (Å²) in [6.07, 6.45) is 6.35. The van der Waals surface area contributed by atoms with Gasteiger partial charge < -0.3 is 14.1 Å². The first-order valence-electron chi connectivity index (χ1n) is 10.1. The third-order valence-corrected chi connectivity index (χ3v) is 6.15. The molecule has 2 aromatic heterocycles. The number of hydrogen-bond donors (Lipinski definition) is 0. The van der Waals surface area contributed by atoms with Gasteiger partial charge in [-0.25, -0.2) is 9.48 Å². The summed E-state index contributed by atoms with van der Waals surface area (Å²) in [6, 6.07) is 0.578. The van der Waals surface area contributed by atoms with Crippen molar-refractivity contribution in [3.63, 3.8) is 0 Å². The lowest BCUT2D eigenvalue weighted by molar-refractivity contribution is -0.0760. The molecule has 2 fully saturated rings. The molecule has 1 atom stereocenters. The summed E-state index contributed by atoms with van der Waals surface area (Å²) in [5, 5.41) is 12.9. The van der Waals surface area contributed by atoms with Gasteiger partial charge >= 0.3 is 11.7 Å². The van der Waals surface area contributed by atoms with E-state index in [0.717, 1.165) is 50.4 Å². The lowest BCUT2D eigenvalue weighted by atomic mass is 9.85. The first kappa shape index (κ1) is 17.0. The largest absolute Gasteiger partial charge is 0.408 e. The van der Waals surface area contributed by atoms with Gasteiger partial charge in [-0.15, -0.1) is 5.10 Å². The Kier molecular flexibility index (Phi) is 4.07. The standard InChI is InChI=1S/C18H26N6O3/c1-2-3-8-24-17(25)23-12-18(26-10-14(23)21-24)7-9-22(11-18)16-20-19-15(27-16)13-5-4-6-13/h13H,2-12H2,1H3. The number of nitrogens with zero attached hydrogens (tertiary/aromatic N) is 6. The van der Waals surface area contributed by atoms with Crippen molar-refractivity contribution in [3.8, 4) is 0 Å². The van der Waals surface area contributed by atoms with E-state index in [2.05, 4.69) is 27.1 Å². The first-order chi connectivity index (χ1) is 13.2. The number of aryl methyl sites for hydroxylation is 1. The fourth-order valence-corrected chi connectivity index (χ4v) is 4.19. The van der Waals surface area contributed by atoms with Gasteiger partial charge in [0.05, 0.1) is 13.1 Å². The van der Waals surface area contributed by atoms with Crippen LogP contribution in [0.4, 0.5) is 6.01 Å². The highest BCUT2D eigenvalue weighted by molar-refractivity contribution is 5.29. The molecule has 2 aromatic rings. The highest BCUT2D eigenvalue weighted by atomic mass is 16.5. The van der Waals surface area contributed by atoms with Gasteiger partial charge in [-0.3, -0.25) is 4.57 Å². The normalized spacial score (nSPS) is 25.1. The first-order valence-corrected chi connectivity index (χ1v) is 10.1. The summed E-state index contributed by atoms with van der Waals surface area (Å²) in [6.45, 7) is 5.14. The number of fused-ring (bicyclic) bond motifs is 1.